The molecule has 1 heterocycles. The molecule has 0 saturated heterocycles. The molecule has 0 bridgehead atoms. The highest BCUT2D eigenvalue weighted by Gasteiger charge is 2.31. The van der Waals surface area contributed by atoms with E-state index in [0.29, 0.717) is 22.6 Å². The molecule has 8 nitrogen and oxygen atoms in total. The first kappa shape index (κ1) is 11.2. The van der Waals surface area contributed by atoms with E-state index in [1.54, 1.807) is 18.2 Å². The normalized spacial score (nSPS) is 11.9. The van der Waals surface area contributed by atoms with Crippen LogP contribution in [-0.2, 0) is 0 Å². The van der Waals surface area contributed by atoms with Crippen LogP contribution in [0.4, 0.5) is 0 Å². The molecule has 0 fully saturated rings. The fourth-order valence-corrected chi connectivity index (χ4v) is 1.97. The number of benzene rings is 1. The van der Waals surface area contributed by atoms with Gasteiger partial charge in [-0.05, 0) is 23.4 Å². The summed E-state index contributed by atoms with van der Waals surface area (Å²) in [6.07, 6.45) is 0. The Morgan fingerprint density at radius 1 is 1.32 bits per heavy atom. The Hall–Kier alpha value is -2.90. The van der Waals surface area contributed by atoms with Crippen molar-refractivity contribution in [1.82, 2.24) is 14.9 Å². The van der Waals surface area contributed by atoms with Gasteiger partial charge in [0.25, 0.3) is 5.62 Å². The maximum absolute atomic E-state index is 12.1. The maximum atomic E-state index is 12.1. The van der Waals surface area contributed by atoms with Crippen LogP contribution in [0.5, 0.6) is 5.75 Å². The van der Waals surface area contributed by atoms with Crippen LogP contribution in [0, 0.1) is 10.9 Å². The molecule has 1 aromatic heterocycles. The molecule has 1 aliphatic rings. The van der Waals surface area contributed by atoms with Crippen molar-refractivity contribution >= 4 is 5.78 Å². The molecule has 3 rings (SSSR count). The second-order valence-corrected chi connectivity index (χ2v) is 3.86. The van der Waals surface area contributed by atoms with Gasteiger partial charge in [0.15, 0.2) is 0 Å². The van der Waals surface area contributed by atoms with Crippen molar-refractivity contribution in [2.75, 3.05) is 7.11 Å². The number of hydrogen-bond donors (Lipinski definition) is 2. The zero-order chi connectivity index (χ0) is 13.6. The van der Waals surface area contributed by atoms with Gasteiger partial charge in [-0.25, -0.2) is 4.98 Å². The minimum Gasteiger partial charge on any atom is -0.497 e. The van der Waals surface area contributed by atoms with Gasteiger partial charge in [0.1, 0.15) is 17.1 Å². The van der Waals surface area contributed by atoms with E-state index < -0.39 is 0 Å². The van der Waals surface area contributed by atoms with Gasteiger partial charge in [-0.15, -0.1) is 5.10 Å². The second-order valence-electron chi connectivity index (χ2n) is 3.86. The Kier molecular flexibility index (Phi) is 2.24. The van der Waals surface area contributed by atoms with Crippen LogP contribution in [0.1, 0.15) is 16.1 Å². The Morgan fingerprint density at radius 2 is 2.11 bits per heavy atom. The SMILES string of the molecule is COc1ccc2c(c1)-c1nn(N=N)c(=N)nc1C2=O. The molecule has 0 aliphatic heterocycles. The van der Waals surface area contributed by atoms with E-state index in [9.17, 15) is 4.79 Å². The van der Waals surface area contributed by atoms with Crippen LogP contribution in [0.2, 0.25) is 0 Å². The van der Waals surface area contributed by atoms with E-state index in [1.807, 2.05) is 0 Å². The molecule has 0 spiro atoms. The van der Waals surface area contributed by atoms with E-state index in [2.05, 4.69) is 15.3 Å². The summed E-state index contributed by atoms with van der Waals surface area (Å²) in [4.78, 5) is 16.7. The Morgan fingerprint density at radius 3 is 2.79 bits per heavy atom. The van der Waals surface area contributed by atoms with Gasteiger partial charge < -0.3 is 4.74 Å². The number of carbonyl (C=O) groups excluding carboxylic acids is 1. The van der Waals surface area contributed by atoms with E-state index in [4.69, 9.17) is 15.7 Å². The smallest absolute Gasteiger partial charge is 0.263 e. The average molecular weight is 256 g/mol. The Bertz CT molecular complexity index is 779. The number of nitrogens with zero attached hydrogens (tertiary/aromatic N) is 4. The standard InChI is InChI=1S/C11H8N6O2/c1-19-5-2-3-6-7(4-5)8-9(10(6)18)14-11(12)17(15-8)16-13/h2-4,12-13H,1H3. The number of nitrogens with one attached hydrogen (secondary N) is 2. The third-order valence-corrected chi connectivity index (χ3v) is 2.86. The first-order chi connectivity index (χ1) is 9.15. The number of aromatic nitrogens is 3. The Labute approximate surface area is 106 Å². The fraction of sp³-hybridized carbons (Fsp3) is 0.0909. The van der Waals surface area contributed by atoms with E-state index >= 15 is 0 Å². The summed E-state index contributed by atoms with van der Waals surface area (Å²) in [5.74, 6) is 0.302. The summed E-state index contributed by atoms with van der Waals surface area (Å²) in [6, 6.07) is 4.98. The van der Waals surface area contributed by atoms with Crippen LogP contribution < -0.4 is 10.4 Å². The van der Waals surface area contributed by atoms with Gasteiger partial charge in [0, 0.05) is 11.1 Å². The van der Waals surface area contributed by atoms with Crippen LogP contribution in [0.25, 0.3) is 11.3 Å². The first-order valence-corrected chi connectivity index (χ1v) is 5.32. The van der Waals surface area contributed by atoms with Crippen LogP contribution >= 0.6 is 0 Å². The number of rotatable bonds is 2. The highest BCUT2D eigenvalue weighted by atomic mass is 16.5. The zero-order valence-electron chi connectivity index (χ0n) is 9.84. The molecule has 8 heteroatoms. The van der Waals surface area contributed by atoms with Gasteiger partial charge in [0.05, 0.1) is 7.11 Å². The van der Waals surface area contributed by atoms with Crippen LogP contribution in [0.3, 0.4) is 0 Å². The van der Waals surface area contributed by atoms with E-state index in [1.165, 1.54) is 7.11 Å². The molecule has 1 aliphatic carbocycles. The molecule has 0 atom stereocenters. The van der Waals surface area contributed by atoms with Gasteiger partial charge in [-0.2, -0.15) is 5.53 Å². The molecule has 0 radical (unpaired) electrons. The number of hydrogen-bond acceptors (Lipinski definition) is 7. The summed E-state index contributed by atoms with van der Waals surface area (Å²) in [7, 11) is 1.53. The van der Waals surface area contributed by atoms with Gasteiger partial charge >= 0.3 is 0 Å². The van der Waals surface area contributed by atoms with Gasteiger partial charge in [-0.3, -0.25) is 10.2 Å². The summed E-state index contributed by atoms with van der Waals surface area (Å²) in [5.41, 5.74) is 8.00. The lowest BCUT2D eigenvalue weighted by atomic mass is 10.1. The number of methoxy groups -OCH3 is 1. The minimum atomic E-state index is -0.359. The quantitative estimate of drug-likeness (QED) is 0.658. The monoisotopic (exact) mass is 256 g/mol. The Balaban J connectivity index is 2.34. The van der Waals surface area contributed by atoms with E-state index in [-0.39, 0.29) is 17.1 Å². The highest BCUT2D eigenvalue weighted by molar-refractivity contribution is 6.19. The average Bonchev–Trinajstić information content (AvgIpc) is 2.70. The van der Waals surface area contributed by atoms with Crippen molar-refractivity contribution < 1.29 is 9.53 Å². The first-order valence-electron chi connectivity index (χ1n) is 5.32. The number of ether oxygens (including phenoxy) is 1. The number of ketones is 1. The lowest BCUT2D eigenvalue weighted by Crippen LogP contribution is -2.24. The molecule has 2 N–H and O–H groups in total. The van der Waals surface area contributed by atoms with Gasteiger partial charge in [0.2, 0.25) is 5.78 Å². The summed E-state index contributed by atoms with van der Waals surface area (Å²) in [6.45, 7) is 0. The van der Waals surface area contributed by atoms with Crippen molar-refractivity contribution in [3.8, 4) is 17.0 Å². The predicted octanol–water partition coefficient (Wildman–Crippen LogP) is 0.772. The molecule has 2 aromatic rings. The summed E-state index contributed by atoms with van der Waals surface area (Å²) < 4.78 is 5.11. The van der Waals surface area contributed by atoms with E-state index in [0.717, 1.165) is 4.79 Å². The lowest BCUT2D eigenvalue weighted by molar-refractivity contribution is 0.103. The zero-order valence-corrected chi connectivity index (χ0v) is 9.84. The van der Waals surface area contributed by atoms with Crippen molar-refractivity contribution in [2.24, 2.45) is 5.22 Å². The lowest BCUT2D eigenvalue weighted by Gasteiger charge is -2.03. The fourth-order valence-electron chi connectivity index (χ4n) is 1.97. The van der Waals surface area contributed by atoms with Crippen molar-refractivity contribution in [3.63, 3.8) is 0 Å². The number of fused-ring (bicyclic) bond motifs is 3. The molecule has 0 amide bonds. The molecule has 0 unspecified atom stereocenters. The molecule has 19 heavy (non-hydrogen) atoms. The van der Waals surface area contributed by atoms with Crippen molar-refractivity contribution in [3.05, 3.63) is 35.1 Å². The third-order valence-electron chi connectivity index (χ3n) is 2.86. The summed E-state index contributed by atoms with van der Waals surface area (Å²) in [5, 5.41) is 14.5. The number of carbonyl (C=O) groups is 1. The highest BCUT2D eigenvalue weighted by Crippen LogP contribution is 2.35. The van der Waals surface area contributed by atoms with Crippen LogP contribution in [-0.4, -0.2) is 27.8 Å². The third kappa shape index (κ3) is 1.46. The molecule has 0 saturated carbocycles. The largest absolute Gasteiger partial charge is 0.497 e. The molecular formula is C11H8N6O2. The summed E-state index contributed by atoms with van der Waals surface area (Å²) >= 11 is 0. The van der Waals surface area contributed by atoms with Crippen molar-refractivity contribution in [1.29, 1.82) is 10.9 Å². The topological polar surface area (TPSA) is 117 Å². The van der Waals surface area contributed by atoms with Gasteiger partial charge in [-0.1, -0.05) is 4.79 Å². The minimum absolute atomic E-state index is 0.105. The van der Waals surface area contributed by atoms with Crippen LogP contribution in [0.15, 0.2) is 23.4 Å². The second kappa shape index (κ2) is 3.80. The molecule has 94 valence electrons. The predicted molar refractivity (Wildman–Crippen MR) is 61.8 cm³/mol. The van der Waals surface area contributed by atoms with Crippen molar-refractivity contribution in [2.45, 2.75) is 0 Å². The maximum Gasteiger partial charge on any atom is 0.263 e. The molecule has 1 aromatic carbocycles. The molecular weight excluding hydrogens is 248 g/mol.